The summed E-state index contributed by atoms with van der Waals surface area (Å²) in [6, 6.07) is 4.47. The Hall–Kier alpha value is -1.60. The maximum atomic E-state index is 11.5. The van der Waals surface area contributed by atoms with Crippen LogP contribution < -0.4 is 10.5 Å². The standard InChI is InChI=1S/C10H14N2O4S/c1-7-2-3-8(6-9(7)13)10(14)12-4-5-17(11,15)16/h2-3,6,13H,4-5H2,1H3,(H,12,14)(H2,11,15,16). The van der Waals surface area contributed by atoms with Crippen molar-refractivity contribution in [1.82, 2.24) is 5.32 Å². The van der Waals surface area contributed by atoms with Crippen molar-refractivity contribution in [1.29, 1.82) is 0 Å². The molecule has 1 rings (SSSR count). The first-order valence-electron chi connectivity index (χ1n) is 4.88. The molecule has 6 nitrogen and oxygen atoms in total. The van der Waals surface area contributed by atoms with Crippen molar-refractivity contribution in [2.24, 2.45) is 5.14 Å². The van der Waals surface area contributed by atoms with Crippen LogP contribution in [0.1, 0.15) is 15.9 Å². The van der Waals surface area contributed by atoms with Crippen molar-refractivity contribution in [2.45, 2.75) is 6.92 Å². The SMILES string of the molecule is Cc1ccc(C(=O)NCCS(N)(=O)=O)cc1O. The van der Waals surface area contributed by atoms with Crippen LogP contribution in [0.4, 0.5) is 0 Å². The Labute approximate surface area is 99.5 Å². The second kappa shape index (κ2) is 5.15. The first-order valence-corrected chi connectivity index (χ1v) is 6.59. The van der Waals surface area contributed by atoms with Gasteiger partial charge in [-0.2, -0.15) is 0 Å². The Morgan fingerprint density at radius 2 is 2.12 bits per heavy atom. The predicted octanol–water partition coefficient (Wildman–Crippen LogP) is -0.281. The lowest BCUT2D eigenvalue weighted by atomic mass is 10.1. The summed E-state index contributed by atoms with van der Waals surface area (Å²) >= 11 is 0. The molecule has 0 radical (unpaired) electrons. The summed E-state index contributed by atoms with van der Waals surface area (Å²) in [4.78, 5) is 11.5. The Morgan fingerprint density at radius 3 is 2.65 bits per heavy atom. The molecule has 0 atom stereocenters. The van der Waals surface area contributed by atoms with E-state index in [-0.39, 0.29) is 23.6 Å². The number of hydrogen-bond donors (Lipinski definition) is 3. The molecule has 0 spiro atoms. The molecule has 0 saturated heterocycles. The van der Waals surface area contributed by atoms with Crippen LogP contribution in [0.2, 0.25) is 0 Å². The number of nitrogens with two attached hydrogens (primary N) is 1. The number of amides is 1. The van der Waals surface area contributed by atoms with Crippen molar-refractivity contribution in [3.63, 3.8) is 0 Å². The summed E-state index contributed by atoms with van der Waals surface area (Å²) in [5, 5.41) is 16.6. The molecule has 0 aliphatic carbocycles. The molecule has 0 aromatic heterocycles. The number of nitrogens with one attached hydrogen (secondary N) is 1. The molecule has 0 aliphatic rings. The topological polar surface area (TPSA) is 109 Å². The quantitative estimate of drug-likeness (QED) is 0.689. The molecule has 0 unspecified atom stereocenters. The van der Waals surface area contributed by atoms with Gasteiger partial charge in [0.1, 0.15) is 5.75 Å². The number of carbonyl (C=O) groups excluding carboxylic acids is 1. The summed E-state index contributed by atoms with van der Waals surface area (Å²) in [6.45, 7) is 1.64. The van der Waals surface area contributed by atoms with Gasteiger partial charge < -0.3 is 10.4 Å². The van der Waals surface area contributed by atoms with Gasteiger partial charge in [0, 0.05) is 12.1 Å². The Morgan fingerprint density at radius 1 is 1.47 bits per heavy atom. The van der Waals surface area contributed by atoms with Gasteiger partial charge in [-0.1, -0.05) is 6.07 Å². The van der Waals surface area contributed by atoms with E-state index in [1.54, 1.807) is 19.1 Å². The number of hydrogen-bond acceptors (Lipinski definition) is 4. The lowest BCUT2D eigenvalue weighted by Gasteiger charge is -2.05. The second-order valence-electron chi connectivity index (χ2n) is 3.62. The summed E-state index contributed by atoms with van der Waals surface area (Å²) in [7, 11) is -3.58. The highest BCUT2D eigenvalue weighted by molar-refractivity contribution is 7.89. The summed E-state index contributed by atoms with van der Waals surface area (Å²) in [5.41, 5.74) is 0.925. The Kier molecular flexibility index (Phi) is 4.08. The largest absolute Gasteiger partial charge is 0.508 e. The van der Waals surface area contributed by atoms with Gasteiger partial charge >= 0.3 is 0 Å². The van der Waals surface area contributed by atoms with Crippen LogP contribution in [0.25, 0.3) is 0 Å². The first kappa shape index (κ1) is 13.5. The second-order valence-corrected chi connectivity index (χ2v) is 5.36. The van der Waals surface area contributed by atoms with E-state index in [2.05, 4.69) is 5.32 Å². The Bertz CT molecular complexity index is 525. The number of carbonyl (C=O) groups is 1. The van der Waals surface area contributed by atoms with Gasteiger partial charge in [0.05, 0.1) is 5.75 Å². The van der Waals surface area contributed by atoms with E-state index in [9.17, 15) is 18.3 Å². The average molecular weight is 258 g/mol. The molecule has 1 aromatic carbocycles. The number of rotatable bonds is 4. The van der Waals surface area contributed by atoms with Crippen LogP contribution in [0.5, 0.6) is 5.75 Å². The summed E-state index contributed by atoms with van der Waals surface area (Å²) < 4.78 is 21.3. The summed E-state index contributed by atoms with van der Waals surface area (Å²) in [6.07, 6.45) is 0. The first-order chi connectivity index (χ1) is 7.79. The Balaban J connectivity index is 2.61. The van der Waals surface area contributed by atoms with Gasteiger partial charge in [-0.05, 0) is 24.6 Å². The minimum atomic E-state index is -3.58. The monoisotopic (exact) mass is 258 g/mol. The third-order valence-electron chi connectivity index (χ3n) is 2.14. The van der Waals surface area contributed by atoms with Crippen molar-refractivity contribution < 1.29 is 18.3 Å². The molecular formula is C10H14N2O4S. The summed E-state index contributed by atoms with van der Waals surface area (Å²) in [5.74, 6) is -0.760. The van der Waals surface area contributed by atoms with Gasteiger partial charge in [-0.15, -0.1) is 0 Å². The molecule has 7 heteroatoms. The van der Waals surface area contributed by atoms with Crippen LogP contribution in [0, 0.1) is 6.92 Å². The average Bonchev–Trinajstić information content (AvgIpc) is 2.20. The van der Waals surface area contributed by atoms with Crippen molar-refractivity contribution in [2.75, 3.05) is 12.3 Å². The molecular weight excluding hydrogens is 244 g/mol. The van der Waals surface area contributed by atoms with E-state index < -0.39 is 15.9 Å². The fourth-order valence-corrected chi connectivity index (χ4v) is 1.55. The molecule has 17 heavy (non-hydrogen) atoms. The van der Waals surface area contributed by atoms with E-state index in [4.69, 9.17) is 5.14 Å². The highest BCUT2D eigenvalue weighted by atomic mass is 32.2. The zero-order valence-electron chi connectivity index (χ0n) is 9.30. The van der Waals surface area contributed by atoms with Crippen LogP contribution >= 0.6 is 0 Å². The molecule has 94 valence electrons. The van der Waals surface area contributed by atoms with Crippen LogP contribution in [0.15, 0.2) is 18.2 Å². The number of sulfonamides is 1. The van der Waals surface area contributed by atoms with Crippen LogP contribution in [-0.2, 0) is 10.0 Å². The van der Waals surface area contributed by atoms with Crippen molar-refractivity contribution >= 4 is 15.9 Å². The molecule has 4 N–H and O–H groups in total. The maximum absolute atomic E-state index is 11.5. The predicted molar refractivity (Wildman–Crippen MR) is 63.2 cm³/mol. The smallest absolute Gasteiger partial charge is 0.251 e. The lowest BCUT2D eigenvalue weighted by Crippen LogP contribution is -2.31. The van der Waals surface area contributed by atoms with E-state index in [0.29, 0.717) is 5.56 Å². The molecule has 0 aliphatic heterocycles. The molecule has 1 amide bonds. The lowest BCUT2D eigenvalue weighted by molar-refractivity contribution is 0.0955. The van der Waals surface area contributed by atoms with E-state index in [1.165, 1.54) is 6.07 Å². The maximum Gasteiger partial charge on any atom is 0.251 e. The third-order valence-corrected chi connectivity index (χ3v) is 2.92. The molecule has 0 bridgehead atoms. The number of aromatic hydroxyl groups is 1. The number of phenolic OH excluding ortho intramolecular Hbond substituents is 1. The molecule has 0 fully saturated rings. The fraction of sp³-hybridized carbons (Fsp3) is 0.300. The van der Waals surface area contributed by atoms with E-state index in [1.807, 2.05) is 0 Å². The van der Waals surface area contributed by atoms with E-state index >= 15 is 0 Å². The van der Waals surface area contributed by atoms with Gasteiger partial charge in [-0.3, -0.25) is 4.79 Å². The van der Waals surface area contributed by atoms with Gasteiger partial charge in [-0.25, -0.2) is 13.6 Å². The van der Waals surface area contributed by atoms with E-state index in [0.717, 1.165) is 0 Å². The van der Waals surface area contributed by atoms with Crippen molar-refractivity contribution in [3.05, 3.63) is 29.3 Å². The highest BCUT2D eigenvalue weighted by Crippen LogP contribution is 2.17. The zero-order valence-corrected chi connectivity index (χ0v) is 10.1. The number of phenols is 1. The molecule has 0 saturated carbocycles. The van der Waals surface area contributed by atoms with Gasteiger partial charge in [0.15, 0.2) is 0 Å². The number of aryl methyl sites for hydroxylation is 1. The van der Waals surface area contributed by atoms with Crippen LogP contribution in [0.3, 0.4) is 0 Å². The minimum absolute atomic E-state index is 0.0177. The van der Waals surface area contributed by atoms with Crippen molar-refractivity contribution in [3.8, 4) is 5.75 Å². The molecule has 0 heterocycles. The number of primary sulfonamides is 1. The normalized spacial score (nSPS) is 11.2. The minimum Gasteiger partial charge on any atom is -0.508 e. The molecule has 1 aromatic rings. The van der Waals surface area contributed by atoms with Crippen LogP contribution in [-0.4, -0.2) is 31.7 Å². The zero-order chi connectivity index (χ0) is 13.1. The highest BCUT2D eigenvalue weighted by Gasteiger charge is 2.08. The van der Waals surface area contributed by atoms with Gasteiger partial charge in [0.2, 0.25) is 10.0 Å². The number of benzene rings is 1. The van der Waals surface area contributed by atoms with Gasteiger partial charge in [0.25, 0.3) is 5.91 Å². The fourth-order valence-electron chi connectivity index (χ4n) is 1.16. The third kappa shape index (κ3) is 4.41.